The summed E-state index contributed by atoms with van der Waals surface area (Å²) < 4.78 is 9.83. The number of ether oxygens (including phenoxy) is 2. The molecule has 0 fully saturated rings. The number of amides is 2. The Morgan fingerprint density at radius 2 is 1.90 bits per heavy atom. The van der Waals surface area contributed by atoms with Crippen LogP contribution in [0.4, 0.5) is 0 Å². The molecule has 7 nitrogen and oxygen atoms in total. The van der Waals surface area contributed by atoms with Crippen LogP contribution in [0.25, 0.3) is 0 Å². The summed E-state index contributed by atoms with van der Waals surface area (Å²) in [5.74, 6) is -1.10. The molecule has 0 radical (unpaired) electrons. The molecule has 0 aromatic heterocycles. The maximum absolute atomic E-state index is 11.4. The number of rotatable bonds is 10. The van der Waals surface area contributed by atoms with E-state index in [0.717, 1.165) is 0 Å². The summed E-state index contributed by atoms with van der Waals surface area (Å²) in [4.78, 5) is 33.3. The summed E-state index contributed by atoms with van der Waals surface area (Å²) in [7, 11) is 0. The third-order valence-corrected chi connectivity index (χ3v) is 2.19. The minimum absolute atomic E-state index is 0.112. The summed E-state index contributed by atoms with van der Waals surface area (Å²) in [6.07, 6.45) is 1.39. The Kier molecular flexibility index (Phi) is 9.94. The SMILES string of the molecule is C=CCOC(C)C(=O)OCC(=O)NCCCNC(C)=O. The Balaban J connectivity index is 3.63. The van der Waals surface area contributed by atoms with Gasteiger partial charge in [-0.25, -0.2) is 4.79 Å². The van der Waals surface area contributed by atoms with E-state index in [1.165, 1.54) is 19.9 Å². The summed E-state index contributed by atoms with van der Waals surface area (Å²) in [6, 6.07) is 0. The summed E-state index contributed by atoms with van der Waals surface area (Å²) in [5, 5.41) is 5.17. The van der Waals surface area contributed by atoms with Crippen molar-refractivity contribution in [3.8, 4) is 0 Å². The molecule has 1 atom stereocenters. The van der Waals surface area contributed by atoms with Gasteiger partial charge in [-0.15, -0.1) is 6.58 Å². The van der Waals surface area contributed by atoms with E-state index in [-0.39, 0.29) is 19.1 Å². The van der Waals surface area contributed by atoms with Crippen LogP contribution in [0.1, 0.15) is 20.3 Å². The highest BCUT2D eigenvalue weighted by Gasteiger charge is 2.15. The number of hydrogen-bond acceptors (Lipinski definition) is 5. The van der Waals surface area contributed by atoms with Crippen molar-refractivity contribution >= 4 is 17.8 Å². The number of carbonyl (C=O) groups is 3. The number of hydrogen-bond donors (Lipinski definition) is 2. The van der Waals surface area contributed by atoms with Crippen molar-refractivity contribution in [1.82, 2.24) is 10.6 Å². The normalized spacial score (nSPS) is 11.3. The maximum Gasteiger partial charge on any atom is 0.335 e. The average Bonchev–Trinajstić information content (AvgIpc) is 2.41. The predicted octanol–water partition coefficient (Wildman–Crippen LogP) is -0.237. The molecule has 0 aromatic rings. The lowest BCUT2D eigenvalue weighted by molar-refractivity contribution is -0.158. The molecule has 0 spiro atoms. The highest BCUT2D eigenvalue weighted by molar-refractivity contribution is 5.81. The highest BCUT2D eigenvalue weighted by atomic mass is 16.6. The van der Waals surface area contributed by atoms with E-state index >= 15 is 0 Å². The molecule has 20 heavy (non-hydrogen) atoms. The van der Waals surface area contributed by atoms with Crippen LogP contribution < -0.4 is 10.6 Å². The van der Waals surface area contributed by atoms with Gasteiger partial charge >= 0.3 is 5.97 Å². The van der Waals surface area contributed by atoms with E-state index in [2.05, 4.69) is 17.2 Å². The van der Waals surface area contributed by atoms with Crippen molar-refractivity contribution in [2.24, 2.45) is 0 Å². The van der Waals surface area contributed by atoms with Gasteiger partial charge in [0.25, 0.3) is 5.91 Å². The molecule has 2 amide bonds. The van der Waals surface area contributed by atoms with Gasteiger partial charge < -0.3 is 20.1 Å². The van der Waals surface area contributed by atoms with E-state index in [9.17, 15) is 14.4 Å². The molecular weight excluding hydrogens is 264 g/mol. The molecular formula is C13H22N2O5. The van der Waals surface area contributed by atoms with Crippen molar-refractivity contribution in [1.29, 1.82) is 0 Å². The van der Waals surface area contributed by atoms with Gasteiger partial charge in [0.05, 0.1) is 6.61 Å². The first-order valence-electron chi connectivity index (χ1n) is 6.37. The van der Waals surface area contributed by atoms with E-state index in [1.807, 2.05) is 0 Å². The van der Waals surface area contributed by atoms with Gasteiger partial charge in [0, 0.05) is 20.0 Å². The largest absolute Gasteiger partial charge is 0.454 e. The molecule has 0 heterocycles. The Bertz CT molecular complexity index is 344. The molecule has 0 saturated carbocycles. The molecule has 0 rings (SSSR count). The molecule has 0 bridgehead atoms. The third kappa shape index (κ3) is 10.1. The van der Waals surface area contributed by atoms with Gasteiger partial charge in [-0.2, -0.15) is 0 Å². The van der Waals surface area contributed by atoms with Crippen molar-refractivity contribution in [2.75, 3.05) is 26.3 Å². The first kappa shape index (κ1) is 18.1. The first-order chi connectivity index (χ1) is 9.47. The zero-order valence-corrected chi connectivity index (χ0v) is 11.9. The lowest BCUT2D eigenvalue weighted by atomic mass is 10.4. The smallest absolute Gasteiger partial charge is 0.335 e. The first-order valence-corrected chi connectivity index (χ1v) is 6.37. The topological polar surface area (TPSA) is 93.7 Å². The summed E-state index contributed by atoms with van der Waals surface area (Å²) in [6.45, 7) is 7.21. The van der Waals surface area contributed by atoms with Gasteiger partial charge in [0.15, 0.2) is 12.7 Å². The number of carbonyl (C=O) groups excluding carboxylic acids is 3. The molecule has 0 aliphatic carbocycles. The highest BCUT2D eigenvalue weighted by Crippen LogP contribution is 1.94. The Morgan fingerprint density at radius 1 is 1.25 bits per heavy atom. The average molecular weight is 286 g/mol. The van der Waals surface area contributed by atoms with Crippen LogP contribution in [0.5, 0.6) is 0 Å². The second-order valence-corrected chi connectivity index (χ2v) is 4.06. The van der Waals surface area contributed by atoms with E-state index in [1.54, 1.807) is 0 Å². The Labute approximate surface area is 118 Å². The van der Waals surface area contributed by atoms with Gasteiger partial charge in [0.2, 0.25) is 5.91 Å². The van der Waals surface area contributed by atoms with Gasteiger partial charge in [-0.3, -0.25) is 9.59 Å². The predicted molar refractivity (Wildman–Crippen MR) is 72.9 cm³/mol. The van der Waals surface area contributed by atoms with Gasteiger partial charge in [0.1, 0.15) is 0 Å². The maximum atomic E-state index is 11.4. The molecule has 7 heteroatoms. The second kappa shape index (κ2) is 11.0. The fraction of sp³-hybridized carbons (Fsp3) is 0.615. The quantitative estimate of drug-likeness (QED) is 0.328. The zero-order valence-electron chi connectivity index (χ0n) is 11.9. The third-order valence-electron chi connectivity index (χ3n) is 2.19. The molecule has 0 saturated heterocycles. The second-order valence-electron chi connectivity index (χ2n) is 4.06. The molecule has 114 valence electrons. The summed E-state index contributed by atoms with van der Waals surface area (Å²) >= 11 is 0. The van der Waals surface area contributed by atoms with Crippen LogP contribution in [-0.4, -0.2) is 50.2 Å². The monoisotopic (exact) mass is 286 g/mol. The van der Waals surface area contributed by atoms with Gasteiger partial charge in [-0.1, -0.05) is 6.08 Å². The fourth-order valence-electron chi connectivity index (χ4n) is 1.17. The van der Waals surface area contributed by atoms with Crippen molar-refractivity contribution < 1.29 is 23.9 Å². The lowest BCUT2D eigenvalue weighted by Crippen LogP contribution is -2.33. The Morgan fingerprint density at radius 3 is 2.50 bits per heavy atom. The van der Waals surface area contributed by atoms with Crippen LogP contribution in [0.2, 0.25) is 0 Å². The fourth-order valence-corrected chi connectivity index (χ4v) is 1.17. The van der Waals surface area contributed by atoms with Crippen molar-refractivity contribution in [3.05, 3.63) is 12.7 Å². The van der Waals surface area contributed by atoms with E-state index < -0.39 is 18.0 Å². The van der Waals surface area contributed by atoms with Gasteiger partial charge in [-0.05, 0) is 13.3 Å². The zero-order chi connectivity index (χ0) is 15.4. The standard InChI is InChI=1S/C13H22N2O5/c1-4-8-19-10(2)13(18)20-9-12(17)15-7-5-6-14-11(3)16/h4,10H,1,5-9H2,2-3H3,(H,14,16)(H,15,17). The molecule has 0 aliphatic rings. The summed E-state index contributed by atoms with van der Waals surface area (Å²) in [5.41, 5.74) is 0. The minimum Gasteiger partial charge on any atom is -0.454 e. The van der Waals surface area contributed by atoms with Crippen LogP contribution in [0.3, 0.4) is 0 Å². The number of nitrogens with one attached hydrogen (secondary N) is 2. The van der Waals surface area contributed by atoms with E-state index in [0.29, 0.717) is 19.5 Å². The molecule has 2 N–H and O–H groups in total. The number of esters is 1. The molecule has 1 unspecified atom stereocenters. The van der Waals surface area contributed by atoms with E-state index in [4.69, 9.17) is 9.47 Å². The van der Waals surface area contributed by atoms with Crippen LogP contribution in [-0.2, 0) is 23.9 Å². The lowest BCUT2D eigenvalue weighted by Gasteiger charge is -2.11. The molecule has 0 aliphatic heterocycles. The van der Waals surface area contributed by atoms with Crippen molar-refractivity contribution in [3.63, 3.8) is 0 Å². The van der Waals surface area contributed by atoms with Crippen molar-refractivity contribution in [2.45, 2.75) is 26.4 Å². The molecule has 0 aromatic carbocycles. The minimum atomic E-state index is -0.736. The van der Waals surface area contributed by atoms with Crippen LogP contribution in [0.15, 0.2) is 12.7 Å². The van der Waals surface area contributed by atoms with Crippen LogP contribution in [0, 0.1) is 0 Å². The van der Waals surface area contributed by atoms with Crippen LogP contribution >= 0.6 is 0 Å². The Hall–Kier alpha value is -1.89.